The minimum atomic E-state index is -0.0333. The molecule has 0 saturated carbocycles. The largest absolute Gasteiger partial charge is 0.390 e. The van der Waals surface area contributed by atoms with Crippen molar-refractivity contribution in [2.24, 2.45) is 0 Å². The maximum Gasteiger partial charge on any atom is 0.140 e. The number of nitrogens with zero attached hydrogens (tertiary/aromatic N) is 1. The summed E-state index contributed by atoms with van der Waals surface area (Å²) in [6, 6.07) is 1.86. The van der Waals surface area contributed by atoms with Crippen LogP contribution in [0.5, 0.6) is 0 Å². The van der Waals surface area contributed by atoms with Crippen molar-refractivity contribution in [3.05, 3.63) is 17.5 Å². The summed E-state index contributed by atoms with van der Waals surface area (Å²) < 4.78 is 5.16. The molecule has 4 nitrogen and oxygen atoms in total. The van der Waals surface area contributed by atoms with E-state index in [1.807, 2.05) is 6.07 Å². The van der Waals surface area contributed by atoms with Crippen molar-refractivity contribution in [1.29, 1.82) is 0 Å². The number of hydrogen-bond donors (Lipinski definition) is 2. The van der Waals surface area contributed by atoms with Gasteiger partial charge in [0.2, 0.25) is 0 Å². The van der Waals surface area contributed by atoms with Gasteiger partial charge in [-0.05, 0) is 25.9 Å². The Hall–Kier alpha value is -0.870. The van der Waals surface area contributed by atoms with Crippen LogP contribution in [0.3, 0.4) is 0 Å². The van der Waals surface area contributed by atoms with Gasteiger partial charge in [0, 0.05) is 12.0 Å². The lowest BCUT2D eigenvalue weighted by Crippen LogP contribution is -2.26. The van der Waals surface area contributed by atoms with Gasteiger partial charge in [-0.25, -0.2) is 0 Å². The predicted octanol–water partition coefficient (Wildman–Crippen LogP) is 0.634. The second-order valence-corrected chi connectivity index (χ2v) is 3.40. The van der Waals surface area contributed by atoms with Gasteiger partial charge in [-0.1, -0.05) is 5.16 Å². The third-order valence-corrected chi connectivity index (χ3v) is 2.48. The van der Waals surface area contributed by atoms with E-state index in [9.17, 15) is 0 Å². The molecule has 1 aliphatic heterocycles. The summed E-state index contributed by atoms with van der Waals surface area (Å²) in [6.07, 6.45) is 2.19. The highest BCUT2D eigenvalue weighted by Crippen LogP contribution is 2.25. The molecule has 1 aliphatic rings. The first-order valence-electron chi connectivity index (χ1n) is 4.67. The monoisotopic (exact) mass is 182 g/mol. The quantitative estimate of drug-likeness (QED) is 0.704. The molecule has 1 fully saturated rings. The summed E-state index contributed by atoms with van der Waals surface area (Å²) in [7, 11) is 0. The second-order valence-electron chi connectivity index (χ2n) is 3.40. The molecular formula is C9H14N2O2. The Balaban J connectivity index is 2.05. The Labute approximate surface area is 76.9 Å². The third-order valence-electron chi connectivity index (χ3n) is 2.48. The van der Waals surface area contributed by atoms with Crippen molar-refractivity contribution < 1.29 is 9.63 Å². The van der Waals surface area contributed by atoms with Gasteiger partial charge in [0.15, 0.2) is 0 Å². The topological polar surface area (TPSA) is 58.3 Å². The Morgan fingerprint density at radius 1 is 1.54 bits per heavy atom. The van der Waals surface area contributed by atoms with Crippen LogP contribution in [0.2, 0.25) is 0 Å². The van der Waals surface area contributed by atoms with Gasteiger partial charge < -0.3 is 14.9 Å². The van der Waals surface area contributed by atoms with E-state index in [4.69, 9.17) is 9.63 Å². The molecule has 72 valence electrons. The van der Waals surface area contributed by atoms with Gasteiger partial charge in [0.25, 0.3) is 0 Å². The molecule has 1 aromatic heterocycles. The van der Waals surface area contributed by atoms with Crippen LogP contribution in [0.1, 0.15) is 30.2 Å². The van der Waals surface area contributed by atoms with E-state index in [1.165, 1.54) is 0 Å². The SMILES string of the molecule is OCc1cc(C2CCNCC2)on1. The summed E-state index contributed by atoms with van der Waals surface area (Å²) in [5.41, 5.74) is 0.633. The van der Waals surface area contributed by atoms with Crippen LogP contribution >= 0.6 is 0 Å². The molecule has 13 heavy (non-hydrogen) atoms. The van der Waals surface area contributed by atoms with Crippen molar-refractivity contribution in [3.63, 3.8) is 0 Å². The lowest BCUT2D eigenvalue weighted by atomic mass is 9.95. The van der Waals surface area contributed by atoms with Crippen molar-refractivity contribution >= 4 is 0 Å². The zero-order valence-electron chi connectivity index (χ0n) is 7.49. The smallest absolute Gasteiger partial charge is 0.140 e. The molecule has 1 aromatic rings. The molecule has 0 bridgehead atoms. The van der Waals surface area contributed by atoms with Gasteiger partial charge in [0.1, 0.15) is 11.5 Å². The average Bonchev–Trinajstić information content (AvgIpc) is 2.67. The lowest BCUT2D eigenvalue weighted by molar-refractivity contribution is 0.262. The van der Waals surface area contributed by atoms with Crippen molar-refractivity contribution in [2.45, 2.75) is 25.4 Å². The van der Waals surface area contributed by atoms with Crippen LogP contribution in [0, 0.1) is 0 Å². The number of piperidine rings is 1. The molecule has 0 aromatic carbocycles. The number of nitrogens with one attached hydrogen (secondary N) is 1. The molecular weight excluding hydrogens is 168 g/mol. The zero-order chi connectivity index (χ0) is 9.10. The maximum atomic E-state index is 8.81. The van der Waals surface area contributed by atoms with E-state index in [1.54, 1.807) is 0 Å². The minimum absolute atomic E-state index is 0.0333. The fraction of sp³-hybridized carbons (Fsp3) is 0.667. The van der Waals surface area contributed by atoms with Crippen molar-refractivity contribution in [2.75, 3.05) is 13.1 Å². The van der Waals surface area contributed by atoms with Gasteiger partial charge in [0.05, 0.1) is 6.61 Å². The highest BCUT2D eigenvalue weighted by atomic mass is 16.5. The van der Waals surface area contributed by atoms with Crippen LogP contribution in [0.25, 0.3) is 0 Å². The summed E-state index contributed by atoms with van der Waals surface area (Å²) in [5.74, 6) is 1.40. The molecule has 0 spiro atoms. The van der Waals surface area contributed by atoms with Gasteiger partial charge >= 0.3 is 0 Å². The van der Waals surface area contributed by atoms with E-state index in [0.717, 1.165) is 31.7 Å². The molecule has 0 amide bonds. The number of aromatic nitrogens is 1. The molecule has 1 saturated heterocycles. The Kier molecular flexibility index (Phi) is 2.61. The maximum absolute atomic E-state index is 8.81. The fourth-order valence-electron chi connectivity index (χ4n) is 1.70. The van der Waals surface area contributed by atoms with E-state index in [0.29, 0.717) is 11.6 Å². The number of rotatable bonds is 2. The molecule has 0 aliphatic carbocycles. The Morgan fingerprint density at radius 3 is 2.92 bits per heavy atom. The van der Waals surface area contributed by atoms with Gasteiger partial charge in [-0.15, -0.1) is 0 Å². The van der Waals surface area contributed by atoms with Crippen LogP contribution in [0.15, 0.2) is 10.6 Å². The lowest BCUT2D eigenvalue weighted by Gasteiger charge is -2.19. The molecule has 0 atom stereocenters. The number of aliphatic hydroxyl groups is 1. The number of aliphatic hydroxyl groups excluding tert-OH is 1. The van der Waals surface area contributed by atoms with Gasteiger partial charge in [-0.2, -0.15) is 0 Å². The molecule has 0 radical (unpaired) electrons. The summed E-state index contributed by atoms with van der Waals surface area (Å²) >= 11 is 0. The fourth-order valence-corrected chi connectivity index (χ4v) is 1.70. The third kappa shape index (κ3) is 1.89. The minimum Gasteiger partial charge on any atom is -0.390 e. The first-order valence-corrected chi connectivity index (χ1v) is 4.67. The molecule has 4 heteroatoms. The Bertz CT molecular complexity index is 266. The van der Waals surface area contributed by atoms with E-state index >= 15 is 0 Å². The van der Waals surface area contributed by atoms with Crippen LogP contribution < -0.4 is 5.32 Å². The summed E-state index contributed by atoms with van der Waals surface area (Å²) in [5, 5.41) is 15.9. The molecule has 2 rings (SSSR count). The molecule has 0 unspecified atom stereocenters. The first kappa shape index (κ1) is 8.72. The molecule has 2 N–H and O–H groups in total. The number of hydrogen-bond acceptors (Lipinski definition) is 4. The van der Waals surface area contributed by atoms with Gasteiger partial charge in [-0.3, -0.25) is 0 Å². The standard InChI is InChI=1S/C9H14N2O2/c12-6-8-5-9(13-11-8)7-1-3-10-4-2-7/h5,7,10,12H,1-4,6H2. The zero-order valence-corrected chi connectivity index (χ0v) is 7.49. The van der Waals surface area contributed by atoms with Crippen molar-refractivity contribution in [3.8, 4) is 0 Å². The van der Waals surface area contributed by atoms with Crippen LogP contribution in [-0.4, -0.2) is 23.4 Å². The van der Waals surface area contributed by atoms with Crippen molar-refractivity contribution in [1.82, 2.24) is 10.5 Å². The average molecular weight is 182 g/mol. The first-order chi connectivity index (χ1) is 6.40. The highest BCUT2D eigenvalue weighted by molar-refractivity contribution is 5.10. The second kappa shape index (κ2) is 3.89. The van der Waals surface area contributed by atoms with Crippen LogP contribution in [0.4, 0.5) is 0 Å². The van der Waals surface area contributed by atoms with Crippen LogP contribution in [-0.2, 0) is 6.61 Å². The Morgan fingerprint density at radius 2 is 2.31 bits per heavy atom. The highest BCUT2D eigenvalue weighted by Gasteiger charge is 2.19. The normalized spacial score (nSPS) is 19.2. The summed E-state index contributed by atoms with van der Waals surface area (Å²) in [4.78, 5) is 0. The van der Waals surface area contributed by atoms with E-state index in [-0.39, 0.29) is 6.61 Å². The predicted molar refractivity (Wildman–Crippen MR) is 47.3 cm³/mol. The summed E-state index contributed by atoms with van der Waals surface area (Å²) in [6.45, 7) is 2.05. The molecule has 2 heterocycles. The van der Waals surface area contributed by atoms with E-state index in [2.05, 4.69) is 10.5 Å². The van der Waals surface area contributed by atoms with E-state index < -0.39 is 0 Å².